The Morgan fingerprint density at radius 2 is 1.88 bits per heavy atom. The molecule has 0 spiro atoms. The van der Waals surface area contributed by atoms with Gasteiger partial charge in [0.15, 0.2) is 0 Å². The number of carbonyl (C=O) groups excluding carboxylic acids is 1. The summed E-state index contributed by atoms with van der Waals surface area (Å²) in [6.07, 6.45) is 0.449. The number of benzene rings is 2. The van der Waals surface area contributed by atoms with Crippen molar-refractivity contribution in [1.82, 2.24) is 4.90 Å². The van der Waals surface area contributed by atoms with Crippen LogP contribution in [0.2, 0.25) is 0 Å². The highest BCUT2D eigenvalue weighted by atomic mass is 32.1. The number of amides is 1. The van der Waals surface area contributed by atoms with Gasteiger partial charge in [-0.25, -0.2) is 4.39 Å². The van der Waals surface area contributed by atoms with Crippen LogP contribution in [0.5, 0.6) is 0 Å². The number of nitrogens with one attached hydrogen (secondary N) is 2. The van der Waals surface area contributed by atoms with E-state index in [0.29, 0.717) is 28.9 Å². The molecule has 1 aliphatic rings. The zero-order valence-electron chi connectivity index (χ0n) is 18.3. The molecule has 0 fully saturated rings. The summed E-state index contributed by atoms with van der Waals surface area (Å²) < 4.78 is 13.7. The first kappa shape index (κ1) is 22.7. The van der Waals surface area contributed by atoms with Crippen molar-refractivity contribution in [2.24, 2.45) is 0 Å². The highest BCUT2D eigenvalue weighted by molar-refractivity contribution is 7.13. The van der Waals surface area contributed by atoms with Gasteiger partial charge in [-0.05, 0) is 68.5 Å². The molecular formula is C25H24FN3O3S. The molecule has 0 bridgehead atoms. The third kappa shape index (κ3) is 5.30. The second-order valence-electron chi connectivity index (χ2n) is 8.11. The molecule has 2 heterocycles. The van der Waals surface area contributed by atoms with E-state index < -0.39 is 11.8 Å². The SMILES string of the molecule is CN(C)Cc1ccc(NC(=C2C(=O)Nc3cc(F)ccc32)c2ccc(CCC(=O)O)s2)cc1. The van der Waals surface area contributed by atoms with Crippen LogP contribution in [0.3, 0.4) is 0 Å². The van der Waals surface area contributed by atoms with E-state index in [9.17, 15) is 14.0 Å². The van der Waals surface area contributed by atoms with E-state index in [1.807, 2.05) is 50.5 Å². The number of carbonyl (C=O) groups is 2. The fourth-order valence-electron chi connectivity index (χ4n) is 3.72. The summed E-state index contributed by atoms with van der Waals surface area (Å²) in [6, 6.07) is 16.0. The lowest BCUT2D eigenvalue weighted by molar-refractivity contribution is -0.136. The van der Waals surface area contributed by atoms with Crippen LogP contribution in [-0.4, -0.2) is 36.0 Å². The van der Waals surface area contributed by atoms with Gasteiger partial charge in [-0.1, -0.05) is 12.1 Å². The van der Waals surface area contributed by atoms with Crippen LogP contribution in [0.15, 0.2) is 54.6 Å². The van der Waals surface area contributed by atoms with E-state index in [0.717, 1.165) is 27.5 Å². The van der Waals surface area contributed by atoms with E-state index >= 15 is 0 Å². The number of hydrogen-bond acceptors (Lipinski definition) is 5. The maximum Gasteiger partial charge on any atom is 0.303 e. The molecule has 1 aromatic heterocycles. The number of halogens is 1. The average molecular weight is 466 g/mol. The molecule has 8 heteroatoms. The second kappa shape index (κ2) is 9.56. The predicted molar refractivity (Wildman–Crippen MR) is 130 cm³/mol. The molecule has 3 N–H and O–H groups in total. The summed E-state index contributed by atoms with van der Waals surface area (Å²) in [7, 11) is 4.01. The fraction of sp³-hybridized carbons (Fsp3) is 0.200. The Hall–Kier alpha value is -3.49. The summed E-state index contributed by atoms with van der Waals surface area (Å²) in [5, 5.41) is 15.1. The van der Waals surface area contributed by atoms with Crippen molar-refractivity contribution in [1.29, 1.82) is 0 Å². The first-order chi connectivity index (χ1) is 15.8. The third-order valence-corrected chi connectivity index (χ3v) is 6.35. The minimum absolute atomic E-state index is 0.0369. The zero-order valence-corrected chi connectivity index (χ0v) is 19.1. The van der Waals surface area contributed by atoms with Gasteiger partial charge >= 0.3 is 5.97 Å². The van der Waals surface area contributed by atoms with E-state index in [1.165, 1.54) is 23.5 Å². The number of anilines is 2. The summed E-state index contributed by atoms with van der Waals surface area (Å²) >= 11 is 1.44. The Labute approximate surface area is 195 Å². The lowest BCUT2D eigenvalue weighted by Gasteiger charge is -2.14. The lowest BCUT2D eigenvalue weighted by Crippen LogP contribution is -2.11. The highest BCUT2D eigenvalue weighted by Gasteiger charge is 2.29. The largest absolute Gasteiger partial charge is 0.481 e. The molecular weight excluding hydrogens is 441 g/mol. The Kier molecular flexibility index (Phi) is 6.57. The van der Waals surface area contributed by atoms with Gasteiger partial charge in [0, 0.05) is 22.7 Å². The first-order valence-electron chi connectivity index (χ1n) is 10.5. The number of aryl methyl sites for hydroxylation is 1. The lowest BCUT2D eigenvalue weighted by atomic mass is 10.0. The van der Waals surface area contributed by atoms with Crippen LogP contribution in [0.1, 0.15) is 27.3 Å². The van der Waals surface area contributed by atoms with E-state index in [4.69, 9.17) is 5.11 Å². The van der Waals surface area contributed by atoms with Crippen molar-refractivity contribution < 1.29 is 19.1 Å². The summed E-state index contributed by atoms with van der Waals surface area (Å²) in [6.45, 7) is 0.813. The van der Waals surface area contributed by atoms with Crippen molar-refractivity contribution >= 4 is 45.9 Å². The molecule has 0 saturated heterocycles. The van der Waals surface area contributed by atoms with Gasteiger partial charge in [-0.2, -0.15) is 0 Å². The van der Waals surface area contributed by atoms with Gasteiger partial charge in [0.2, 0.25) is 0 Å². The fourth-order valence-corrected chi connectivity index (χ4v) is 4.73. The molecule has 0 radical (unpaired) electrons. The molecule has 33 heavy (non-hydrogen) atoms. The Morgan fingerprint density at radius 1 is 1.12 bits per heavy atom. The number of aliphatic carboxylic acids is 1. The summed E-state index contributed by atoms with van der Waals surface area (Å²) in [5.74, 6) is -1.60. The topological polar surface area (TPSA) is 81.7 Å². The van der Waals surface area contributed by atoms with Crippen molar-refractivity contribution in [3.63, 3.8) is 0 Å². The smallest absolute Gasteiger partial charge is 0.303 e. The predicted octanol–water partition coefficient (Wildman–Crippen LogP) is 4.90. The van der Waals surface area contributed by atoms with Crippen LogP contribution < -0.4 is 10.6 Å². The molecule has 4 rings (SSSR count). The molecule has 0 aliphatic carbocycles. The minimum atomic E-state index is -0.856. The van der Waals surface area contributed by atoms with Gasteiger partial charge < -0.3 is 20.6 Å². The molecule has 3 aromatic rings. The minimum Gasteiger partial charge on any atom is -0.481 e. The van der Waals surface area contributed by atoms with Crippen LogP contribution in [0.4, 0.5) is 15.8 Å². The first-order valence-corrected chi connectivity index (χ1v) is 11.3. The Bertz CT molecular complexity index is 1230. The van der Waals surface area contributed by atoms with Crippen LogP contribution in [0.25, 0.3) is 11.3 Å². The van der Waals surface area contributed by atoms with E-state index in [1.54, 1.807) is 6.07 Å². The molecule has 0 saturated carbocycles. The number of nitrogens with zero attached hydrogens (tertiary/aromatic N) is 1. The van der Waals surface area contributed by atoms with E-state index in [2.05, 4.69) is 15.5 Å². The summed E-state index contributed by atoms with van der Waals surface area (Å²) in [4.78, 5) is 27.7. The normalized spacial score (nSPS) is 14.2. The molecule has 2 aromatic carbocycles. The Balaban J connectivity index is 1.75. The van der Waals surface area contributed by atoms with Gasteiger partial charge in [0.25, 0.3) is 5.91 Å². The maximum atomic E-state index is 13.7. The quantitative estimate of drug-likeness (QED) is 0.413. The third-order valence-electron chi connectivity index (χ3n) is 5.19. The van der Waals surface area contributed by atoms with Gasteiger partial charge in [0.05, 0.1) is 28.3 Å². The van der Waals surface area contributed by atoms with Gasteiger partial charge in [-0.15, -0.1) is 11.3 Å². The summed E-state index contributed by atoms with van der Waals surface area (Å²) in [5.41, 5.74) is 4.04. The number of rotatable bonds is 8. The van der Waals surface area contributed by atoms with Crippen LogP contribution >= 0.6 is 11.3 Å². The van der Waals surface area contributed by atoms with Gasteiger partial charge in [0.1, 0.15) is 5.82 Å². The number of carboxylic acid groups (broad SMARTS) is 1. The van der Waals surface area contributed by atoms with Crippen molar-refractivity contribution in [3.05, 3.63) is 81.3 Å². The Morgan fingerprint density at radius 3 is 2.58 bits per heavy atom. The number of thiophene rings is 1. The monoisotopic (exact) mass is 465 g/mol. The molecule has 0 atom stereocenters. The zero-order chi connectivity index (χ0) is 23.5. The molecule has 6 nitrogen and oxygen atoms in total. The number of fused-ring (bicyclic) bond motifs is 1. The molecule has 0 unspecified atom stereocenters. The number of hydrogen-bond donors (Lipinski definition) is 3. The van der Waals surface area contributed by atoms with Gasteiger partial charge in [-0.3, -0.25) is 9.59 Å². The average Bonchev–Trinajstić information content (AvgIpc) is 3.35. The number of carboxylic acids is 1. The van der Waals surface area contributed by atoms with Crippen LogP contribution in [-0.2, 0) is 22.6 Å². The van der Waals surface area contributed by atoms with Crippen molar-refractivity contribution in [3.8, 4) is 0 Å². The molecule has 1 aliphatic heterocycles. The maximum absolute atomic E-state index is 13.7. The second-order valence-corrected chi connectivity index (χ2v) is 9.28. The standard InChI is InChI=1S/C25H24FN3O3S/c1-29(2)14-15-3-6-17(7-4-15)27-24(21-11-8-18(33-21)9-12-22(30)31)23-19-10-5-16(26)13-20(19)28-25(23)32/h3-8,10-11,13,27H,9,12,14H2,1-2H3,(H,28,32)(H,30,31). The molecule has 1 amide bonds. The van der Waals surface area contributed by atoms with Crippen LogP contribution in [0, 0.1) is 5.82 Å². The highest BCUT2D eigenvalue weighted by Crippen LogP contribution is 2.39. The van der Waals surface area contributed by atoms with E-state index in [-0.39, 0.29) is 12.3 Å². The molecule has 170 valence electrons. The van der Waals surface area contributed by atoms with Crippen molar-refractivity contribution in [2.45, 2.75) is 19.4 Å². The van der Waals surface area contributed by atoms with Crippen molar-refractivity contribution in [2.75, 3.05) is 24.7 Å².